The lowest BCUT2D eigenvalue weighted by Gasteiger charge is -2.13. The summed E-state index contributed by atoms with van der Waals surface area (Å²) in [4.78, 5) is 45.0. The van der Waals surface area contributed by atoms with Crippen molar-refractivity contribution in [3.05, 3.63) is 109 Å². The first kappa shape index (κ1) is 25.8. The second-order valence-corrected chi connectivity index (χ2v) is 10.1. The van der Waals surface area contributed by atoms with E-state index in [1.165, 1.54) is 9.25 Å². The number of para-hydroxylation sites is 2. The lowest BCUT2D eigenvalue weighted by Crippen LogP contribution is -2.28. The summed E-state index contributed by atoms with van der Waals surface area (Å²) in [5.74, 6) is -0.466. The molecule has 3 aromatic carbocycles. The summed E-state index contributed by atoms with van der Waals surface area (Å²) in [6.45, 7) is 1.76. The number of hydrogen-bond acceptors (Lipinski definition) is 5. The molecule has 2 heterocycles. The van der Waals surface area contributed by atoms with Gasteiger partial charge in [0.1, 0.15) is 5.69 Å². The quantitative estimate of drug-likeness (QED) is 0.225. The van der Waals surface area contributed by atoms with Crippen molar-refractivity contribution in [1.29, 1.82) is 0 Å². The predicted octanol–water partition coefficient (Wildman–Crippen LogP) is 5.22. The number of thioether (sulfide) groups is 1. The number of aromatic nitrogens is 4. The summed E-state index contributed by atoms with van der Waals surface area (Å²) in [5, 5.41) is 3.85. The van der Waals surface area contributed by atoms with E-state index in [9.17, 15) is 14.4 Å². The molecule has 5 rings (SSSR count). The molecule has 2 aromatic heterocycles. The van der Waals surface area contributed by atoms with Crippen LogP contribution in [-0.2, 0) is 11.8 Å². The van der Waals surface area contributed by atoms with Crippen LogP contribution < -0.4 is 16.4 Å². The maximum Gasteiger partial charge on any atom is 0.296 e. The monoisotopic (exact) mass is 565 g/mol. The smallest absolute Gasteiger partial charge is 0.296 e. The van der Waals surface area contributed by atoms with Crippen LogP contribution in [0.15, 0.2) is 87.5 Å². The number of carbonyl (C=O) groups is 1. The van der Waals surface area contributed by atoms with Gasteiger partial charge in [-0.3, -0.25) is 19.1 Å². The van der Waals surface area contributed by atoms with Gasteiger partial charge in [0.15, 0.2) is 5.16 Å². The Hall–Kier alpha value is -3.79. The SMILES string of the molecule is Cc1c(-n2c(SCC(=O)Nc3cccc(Cl)c3Cl)nc3ccccc3c2=O)c(=O)n(-c2ccccc2)n1C. The second kappa shape index (κ2) is 10.5. The average molecular weight is 566 g/mol. The molecular formula is C27H21Cl2N5O3S. The zero-order chi connectivity index (χ0) is 27.0. The van der Waals surface area contributed by atoms with E-state index in [4.69, 9.17) is 23.2 Å². The van der Waals surface area contributed by atoms with E-state index in [1.54, 1.807) is 61.1 Å². The molecule has 0 radical (unpaired) electrons. The molecule has 38 heavy (non-hydrogen) atoms. The highest BCUT2D eigenvalue weighted by molar-refractivity contribution is 7.99. The van der Waals surface area contributed by atoms with Crippen molar-refractivity contribution in [3.63, 3.8) is 0 Å². The van der Waals surface area contributed by atoms with Crippen molar-refractivity contribution < 1.29 is 4.79 Å². The van der Waals surface area contributed by atoms with E-state index in [0.717, 1.165) is 11.8 Å². The Balaban J connectivity index is 1.60. The molecule has 192 valence electrons. The van der Waals surface area contributed by atoms with Gasteiger partial charge in [-0.25, -0.2) is 14.2 Å². The number of benzene rings is 3. The minimum Gasteiger partial charge on any atom is -0.324 e. The summed E-state index contributed by atoms with van der Waals surface area (Å²) >= 11 is 13.3. The van der Waals surface area contributed by atoms with Crippen molar-refractivity contribution in [2.75, 3.05) is 11.1 Å². The number of carbonyl (C=O) groups excluding carboxylic acids is 1. The fraction of sp³-hybridized carbons (Fsp3) is 0.111. The molecule has 1 amide bonds. The molecule has 0 aliphatic rings. The van der Waals surface area contributed by atoms with Crippen LogP contribution in [0.1, 0.15) is 5.69 Å². The van der Waals surface area contributed by atoms with Crippen molar-refractivity contribution >= 4 is 57.5 Å². The van der Waals surface area contributed by atoms with Gasteiger partial charge in [-0.05, 0) is 43.3 Å². The Morgan fingerprint density at radius 3 is 2.42 bits per heavy atom. The lowest BCUT2D eigenvalue weighted by atomic mass is 10.2. The Labute approximate surface area is 231 Å². The topological polar surface area (TPSA) is 90.9 Å². The van der Waals surface area contributed by atoms with E-state index in [2.05, 4.69) is 10.3 Å². The van der Waals surface area contributed by atoms with E-state index >= 15 is 0 Å². The van der Waals surface area contributed by atoms with Crippen LogP contribution >= 0.6 is 35.0 Å². The van der Waals surface area contributed by atoms with Crippen LogP contribution in [-0.4, -0.2) is 30.6 Å². The first-order valence-electron chi connectivity index (χ1n) is 11.5. The van der Waals surface area contributed by atoms with Gasteiger partial charge in [0.2, 0.25) is 5.91 Å². The van der Waals surface area contributed by atoms with E-state index < -0.39 is 5.56 Å². The van der Waals surface area contributed by atoms with E-state index in [1.807, 2.05) is 30.3 Å². The largest absolute Gasteiger partial charge is 0.324 e. The van der Waals surface area contributed by atoms with Gasteiger partial charge in [0.25, 0.3) is 11.1 Å². The van der Waals surface area contributed by atoms with Crippen LogP contribution in [0.3, 0.4) is 0 Å². The Bertz CT molecular complexity index is 1810. The first-order valence-corrected chi connectivity index (χ1v) is 13.2. The van der Waals surface area contributed by atoms with Gasteiger partial charge < -0.3 is 5.32 Å². The minimum absolute atomic E-state index is 0.0909. The fourth-order valence-corrected chi connectivity index (χ4v) is 5.28. The minimum atomic E-state index is -0.401. The third-order valence-corrected chi connectivity index (χ3v) is 7.81. The maximum atomic E-state index is 13.7. The number of nitrogens with one attached hydrogen (secondary N) is 1. The molecule has 0 aliphatic carbocycles. The molecule has 5 aromatic rings. The van der Waals surface area contributed by atoms with Gasteiger partial charge in [-0.1, -0.05) is 71.4 Å². The summed E-state index contributed by atoms with van der Waals surface area (Å²) < 4.78 is 4.48. The van der Waals surface area contributed by atoms with Crippen molar-refractivity contribution in [1.82, 2.24) is 18.9 Å². The molecular weight excluding hydrogens is 545 g/mol. The molecule has 0 aliphatic heterocycles. The van der Waals surface area contributed by atoms with Crippen LogP contribution in [0.4, 0.5) is 5.69 Å². The van der Waals surface area contributed by atoms with E-state index in [0.29, 0.717) is 33.0 Å². The molecule has 0 atom stereocenters. The molecule has 0 unspecified atom stereocenters. The predicted molar refractivity (Wildman–Crippen MR) is 152 cm³/mol. The molecule has 8 nitrogen and oxygen atoms in total. The number of nitrogens with zero attached hydrogens (tertiary/aromatic N) is 4. The summed E-state index contributed by atoms with van der Waals surface area (Å²) in [6.07, 6.45) is 0. The Morgan fingerprint density at radius 1 is 0.947 bits per heavy atom. The summed E-state index contributed by atoms with van der Waals surface area (Å²) in [6, 6.07) is 21.0. The molecule has 11 heteroatoms. The molecule has 0 saturated heterocycles. The van der Waals surface area contributed by atoms with E-state index in [-0.39, 0.29) is 33.1 Å². The van der Waals surface area contributed by atoms with Crippen molar-refractivity contribution in [2.45, 2.75) is 12.1 Å². The average Bonchev–Trinajstić information content (AvgIpc) is 3.13. The van der Waals surface area contributed by atoms with Gasteiger partial charge in [-0.15, -0.1) is 0 Å². The molecule has 0 spiro atoms. The zero-order valence-electron chi connectivity index (χ0n) is 20.3. The summed E-state index contributed by atoms with van der Waals surface area (Å²) in [7, 11) is 1.75. The highest BCUT2D eigenvalue weighted by Crippen LogP contribution is 2.30. The molecule has 0 fully saturated rings. The number of hydrogen-bond donors (Lipinski definition) is 1. The number of halogens is 2. The normalized spacial score (nSPS) is 11.2. The highest BCUT2D eigenvalue weighted by atomic mass is 35.5. The number of amides is 1. The Kier molecular flexibility index (Phi) is 7.16. The van der Waals surface area contributed by atoms with Gasteiger partial charge in [0, 0.05) is 7.05 Å². The van der Waals surface area contributed by atoms with Crippen molar-refractivity contribution in [2.24, 2.45) is 7.05 Å². The molecule has 0 saturated carbocycles. The Morgan fingerprint density at radius 2 is 1.66 bits per heavy atom. The number of anilines is 1. The maximum absolute atomic E-state index is 13.7. The first-order chi connectivity index (χ1) is 18.3. The van der Waals surface area contributed by atoms with Crippen molar-refractivity contribution in [3.8, 4) is 11.4 Å². The van der Waals surface area contributed by atoms with Crippen LogP contribution in [0.25, 0.3) is 22.3 Å². The summed E-state index contributed by atoms with van der Waals surface area (Å²) in [5.41, 5.74) is 1.44. The fourth-order valence-electron chi connectivity index (χ4n) is 4.13. The van der Waals surface area contributed by atoms with Crippen LogP contribution in [0.5, 0.6) is 0 Å². The van der Waals surface area contributed by atoms with Gasteiger partial charge in [-0.2, -0.15) is 0 Å². The van der Waals surface area contributed by atoms with Crippen LogP contribution in [0, 0.1) is 6.92 Å². The van der Waals surface area contributed by atoms with Gasteiger partial charge in [0.05, 0.1) is 43.8 Å². The molecule has 1 N–H and O–H groups in total. The standard InChI is InChI=1S/C27H21Cl2N5O3S/c1-16-24(26(37)34(32(16)2)17-9-4-3-5-10-17)33-25(36)18-11-6-7-13-20(18)31-27(33)38-15-22(35)30-21-14-8-12-19(28)23(21)29/h3-14H,15H2,1-2H3,(H,30,35). The third kappa shape index (κ3) is 4.64. The third-order valence-electron chi connectivity index (χ3n) is 6.05. The second-order valence-electron chi connectivity index (χ2n) is 8.40. The molecule has 0 bridgehead atoms. The lowest BCUT2D eigenvalue weighted by molar-refractivity contribution is -0.113. The zero-order valence-corrected chi connectivity index (χ0v) is 22.6. The number of rotatable bonds is 6. The number of fused-ring (bicyclic) bond motifs is 1. The van der Waals surface area contributed by atoms with Gasteiger partial charge >= 0.3 is 0 Å². The highest BCUT2D eigenvalue weighted by Gasteiger charge is 2.23. The van der Waals surface area contributed by atoms with Crippen LogP contribution in [0.2, 0.25) is 10.0 Å².